The summed E-state index contributed by atoms with van der Waals surface area (Å²) in [7, 11) is 0. The molecule has 158 valence electrons. The zero-order valence-electron chi connectivity index (χ0n) is 17.7. The highest BCUT2D eigenvalue weighted by atomic mass is 16.5. The lowest BCUT2D eigenvalue weighted by molar-refractivity contribution is -0.131. The molecule has 6 heteroatoms. The van der Waals surface area contributed by atoms with E-state index in [4.69, 9.17) is 4.74 Å². The maximum atomic E-state index is 12.5. The van der Waals surface area contributed by atoms with Crippen LogP contribution in [0.2, 0.25) is 0 Å². The first-order valence-corrected chi connectivity index (χ1v) is 9.86. The summed E-state index contributed by atoms with van der Waals surface area (Å²) in [6, 6.07) is 19.3. The molecule has 0 atom stereocenters. The molecule has 3 rings (SSSR count). The average molecular weight is 416 g/mol. The molecule has 2 N–H and O–H groups in total. The normalized spacial score (nSPS) is 10.3. The van der Waals surface area contributed by atoms with Gasteiger partial charge in [-0.2, -0.15) is 0 Å². The van der Waals surface area contributed by atoms with Gasteiger partial charge in [0.05, 0.1) is 0 Å². The van der Waals surface area contributed by atoms with E-state index in [0.29, 0.717) is 22.6 Å². The fourth-order valence-corrected chi connectivity index (χ4v) is 3.00. The molecule has 0 unspecified atom stereocenters. The zero-order valence-corrected chi connectivity index (χ0v) is 17.7. The number of rotatable bonds is 6. The first kappa shape index (κ1) is 21.8. The second-order valence-corrected chi connectivity index (χ2v) is 7.26. The second kappa shape index (κ2) is 9.71. The third kappa shape index (κ3) is 6.02. The Bertz CT molecular complexity index is 1140. The third-order valence-corrected chi connectivity index (χ3v) is 4.76. The van der Waals surface area contributed by atoms with Crippen molar-refractivity contribution in [3.8, 4) is 5.75 Å². The zero-order chi connectivity index (χ0) is 22.4. The number of carbonyl (C=O) groups is 3. The number of ether oxygens (including phenoxy) is 1. The van der Waals surface area contributed by atoms with Crippen LogP contribution >= 0.6 is 0 Å². The highest BCUT2D eigenvalue weighted by Crippen LogP contribution is 2.16. The molecule has 0 saturated carbocycles. The summed E-state index contributed by atoms with van der Waals surface area (Å²) in [5, 5.41) is 5.72. The van der Waals surface area contributed by atoms with Gasteiger partial charge >= 0.3 is 5.97 Å². The Labute approximate surface area is 181 Å². The van der Waals surface area contributed by atoms with E-state index in [1.807, 2.05) is 44.2 Å². The minimum Gasteiger partial charge on any atom is -0.427 e. The Kier molecular flexibility index (Phi) is 6.82. The van der Waals surface area contributed by atoms with Gasteiger partial charge in [0.1, 0.15) is 5.75 Å². The lowest BCUT2D eigenvalue weighted by Crippen LogP contribution is -2.23. The predicted molar refractivity (Wildman–Crippen MR) is 119 cm³/mol. The predicted octanol–water partition coefficient (Wildman–Crippen LogP) is 4.41. The smallest absolute Gasteiger partial charge is 0.308 e. The largest absolute Gasteiger partial charge is 0.427 e. The number of carbonyl (C=O) groups excluding carboxylic acids is 3. The number of hydrogen-bond donors (Lipinski definition) is 2. The standard InChI is InChI=1S/C25H24N2O4/c1-16-10-11-21(12-17(16)2)25(30)27-22-8-4-6-19(13-22)15-26-24(29)20-7-5-9-23(14-20)31-18(3)28/h4-14H,15H2,1-3H3,(H,26,29)(H,27,30). The summed E-state index contributed by atoms with van der Waals surface area (Å²) in [5.41, 5.74) is 4.65. The van der Waals surface area contributed by atoms with Crippen LogP contribution in [0.25, 0.3) is 0 Å². The molecule has 0 aromatic heterocycles. The fraction of sp³-hybridized carbons (Fsp3) is 0.160. The monoisotopic (exact) mass is 416 g/mol. The van der Waals surface area contributed by atoms with Gasteiger partial charge in [0.2, 0.25) is 0 Å². The first-order valence-electron chi connectivity index (χ1n) is 9.86. The topological polar surface area (TPSA) is 84.5 Å². The van der Waals surface area contributed by atoms with E-state index in [1.165, 1.54) is 13.0 Å². The van der Waals surface area contributed by atoms with E-state index < -0.39 is 5.97 Å². The van der Waals surface area contributed by atoms with Gasteiger partial charge in [-0.05, 0) is 73.0 Å². The van der Waals surface area contributed by atoms with Crippen LogP contribution in [0.4, 0.5) is 5.69 Å². The van der Waals surface area contributed by atoms with Gasteiger partial charge in [0, 0.05) is 30.3 Å². The fourth-order valence-electron chi connectivity index (χ4n) is 3.00. The molecule has 0 saturated heterocycles. The van der Waals surface area contributed by atoms with E-state index in [1.54, 1.807) is 30.3 Å². The van der Waals surface area contributed by atoms with Crippen LogP contribution in [0.15, 0.2) is 66.7 Å². The average Bonchev–Trinajstić information content (AvgIpc) is 2.74. The molecule has 31 heavy (non-hydrogen) atoms. The van der Waals surface area contributed by atoms with Crippen molar-refractivity contribution in [1.82, 2.24) is 5.32 Å². The lowest BCUT2D eigenvalue weighted by atomic mass is 10.1. The molecule has 3 aromatic carbocycles. The van der Waals surface area contributed by atoms with Crippen molar-refractivity contribution in [2.24, 2.45) is 0 Å². The van der Waals surface area contributed by atoms with Gasteiger partial charge in [-0.3, -0.25) is 14.4 Å². The summed E-state index contributed by atoms with van der Waals surface area (Å²) in [5.74, 6) is -0.612. The number of esters is 1. The Morgan fingerprint density at radius 2 is 1.55 bits per heavy atom. The molecule has 0 heterocycles. The molecule has 0 bridgehead atoms. The summed E-state index contributed by atoms with van der Waals surface area (Å²) >= 11 is 0. The summed E-state index contributed by atoms with van der Waals surface area (Å²) in [6.45, 7) is 5.56. The lowest BCUT2D eigenvalue weighted by Gasteiger charge is -2.10. The number of anilines is 1. The van der Waals surface area contributed by atoms with Gasteiger partial charge in [-0.1, -0.05) is 24.3 Å². The molecule has 0 fully saturated rings. The molecule has 0 spiro atoms. The summed E-state index contributed by atoms with van der Waals surface area (Å²) < 4.78 is 5.01. The highest BCUT2D eigenvalue weighted by molar-refractivity contribution is 6.04. The number of nitrogens with one attached hydrogen (secondary N) is 2. The van der Waals surface area contributed by atoms with Crippen molar-refractivity contribution in [2.45, 2.75) is 27.3 Å². The molecule has 0 radical (unpaired) electrons. The van der Waals surface area contributed by atoms with E-state index in [9.17, 15) is 14.4 Å². The SMILES string of the molecule is CC(=O)Oc1cccc(C(=O)NCc2cccc(NC(=O)c3ccc(C)c(C)c3)c2)c1. The Balaban J connectivity index is 1.63. The number of hydrogen-bond acceptors (Lipinski definition) is 4. The second-order valence-electron chi connectivity index (χ2n) is 7.26. The molecule has 0 aliphatic heterocycles. The number of benzene rings is 3. The highest BCUT2D eigenvalue weighted by Gasteiger charge is 2.10. The van der Waals surface area contributed by atoms with Crippen molar-refractivity contribution in [2.75, 3.05) is 5.32 Å². The van der Waals surface area contributed by atoms with Crippen LogP contribution in [0.5, 0.6) is 5.75 Å². The van der Waals surface area contributed by atoms with Crippen LogP contribution in [0.1, 0.15) is 44.3 Å². The van der Waals surface area contributed by atoms with Gasteiger partial charge in [0.25, 0.3) is 11.8 Å². The maximum absolute atomic E-state index is 12.5. The van der Waals surface area contributed by atoms with Gasteiger partial charge in [-0.25, -0.2) is 0 Å². The molecule has 6 nitrogen and oxygen atoms in total. The van der Waals surface area contributed by atoms with E-state index in [-0.39, 0.29) is 18.4 Å². The van der Waals surface area contributed by atoms with E-state index in [2.05, 4.69) is 10.6 Å². The molecule has 3 aromatic rings. The summed E-state index contributed by atoms with van der Waals surface area (Å²) in [4.78, 5) is 36.1. The van der Waals surface area contributed by atoms with Crippen molar-refractivity contribution < 1.29 is 19.1 Å². The van der Waals surface area contributed by atoms with Crippen molar-refractivity contribution in [1.29, 1.82) is 0 Å². The van der Waals surface area contributed by atoms with Gasteiger partial charge < -0.3 is 15.4 Å². The molecule has 2 amide bonds. The van der Waals surface area contributed by atoms with E-state index in [0.717, 1.165) is 16.7 Å². The van der Waals surface area contributed by atoms with Crippen LogP contribution in [-0.4, -0.2) is 17.8 Å². The van der Waals surface area contributed by atoms with Gasteiger partial charge in [-0.15, -0.1) is 0 Å². The van der Waals surface area contributed by atoms with Crippen molar-refractivity contribution >= 4 is 23.5 Å². The van der Waals surface area contributed by atoms with Gasteiger partial charge in [0.15, 0.2) is 0 Å². The number of amides is 2. The molecule has 0 aliphatic rings. The van der Waals surface area contributed by atoms with Crippen LogP contribution < -0.4 is 15.4 Å². The molecular weight excluding hydrogens is 392 g/mol. The Morgan fingerprint density at radius 1 is 0.806 bits per heavy atom. The quantitative estimate of drug-likeness (QED) is 0.460. The van der Waals surface area contributed by atoms with E-state index >= 15 is 0 Å². The minimum atomic E-state index is -0.447. The van der Waals surface area contributed by atoms with Crippen LogP contribution in [0.3, 0.4) is 0 Å². The van der Waals surface area contributed by atoms with Crippen molar-refractivity contribution in [3.05, 3.63) is 94.5 Å². The number of aryl methyl sites for hydroxylation is 2. The first-order chi connectivity index (χ1) is 14.8. The maximum Gasteiger partial charge on any atom is 0.308 e. The Hall–Kier alpha value is -3.93. The Morgan fingerprint density at radius 3 is 2.29 bits per heavy atom. The van der Waals surface area contributed by atoms with Crippen molar-refractivity contribution in [3.63, 3.8) is 0 Å². The van der Waals surface area contributed by atoms with Crippen LogP contribution in [0, 0.1) is 13.8 Å². The molecular formula is C25H24N2O4. The third-order valence-electron chi connectivity index (χ3n) is 4.76. The summed E-state index contributed by atoms with van der Waals surface area (Å²) in [6.07, 6.45) is 0. The minimum absolute atomic E-state index is 0.188. The molecule has 0 aliphatic carbocycles. The van der Waals surface area contributed by atoms with Crippen LogP contribution in [-0.2, 0) is 11.3 Å².